The molecule has 0 spiro atoms. The number of likely N-dealkylation sites (tertiary alicyclic amines) is 1. The van der Waals surface area contributed by atoms with Gasteiger partial charge in [-0.3, -0.25) is 4.90 Å². The van der Waals surface area contributed by atoms with Crippen LogP contribution < -0.4 is 5.73 Å². The summed E-state index contributed by atoms with van der Waals surface area (Å²) < 4.78 is 4.48. The van der Waals surface area contributed by atoms with Crippen LogP contribution in [-0.2, 0) is 9.53 Å². The number of carboxylic acids is 1. The van der Waals surface area contributed by atoms with Gasteiger partial charge >= 0.3 is 12.1 Å². The SMILES string of the molecule is COC(=O)N1C[C@@](C)(N)C[C@@H]1C(=O)O. The Morgan fingerprint density at radius 1 is 1.64 bits per heavy atom. The summed E-state index contributed by atoms with van der Waals surface area (Å²) in [6.07, 6.45) is -0.399. The summed E-state index contributed by atoms with van der Waals surface area (Å²) in [5, 5.41) is 8.86. The second-order valence-electron chi connectivity index (χ2n) is 3.81. The van der Waals surface area contributed by atoms with Gasteiger partial charge in [0.25, 0.3) is 0 Å². The van der Waals surface area contributed by atoms with Crippen molar-refractivity contribution in [1.29, 1.82) is 0 Å². The zero-order valence-corrected chi connectivity index (χ0v) is 8.19. The summed E-state index contributed by atoms with van der Waals surface area (Å²) in [7, 11) is 1.22. The van der Waals surface area contributed by atoms with Gasteiger partial charge in [0, 0.05) is 12.1 Å². The molecule has 1 rings (SSSR count). The molecule has 0 saturated carbocycles. The molecule has 0 bridgehead atoms. The smallest absolute Gasteiger partial charge is 0.410 e. The lowest BCUT2D eigenvalue weighted by molar-refractivity contribution is -0.141. The molecule has 1 aliphatic heterocycles. The predicted octanol–water partition coefficient (Wildman–Crippen LogP) is -0.371. The van der Waals surface area contributed by atoms with Gasteiger partial charge in [0.15, 0.2) is 0 Å². The molecule has 1 heterocycles. The molecule has 1 saturated heterocycles. The van der Waals surface area contributed by atoms with Crippen LogP contribution in [-0.4, -0.2) is 47.3 Å². The highest BCUT2D eigenvalue weighted by atomic mass is 16.5. The molecular weight excluding hydrogens is 188 g/mol. The first-order valence-corrected chi connectivity index (χ1v) is 4.23. The second kappa shape index (κ2) is 3.45. The third-order valence-electron chi connectivity index (χ3n) is 2.26. The Bertz CT molecular complexity index is 264. The van der Waals surface area contributed by atoms with Crippen molar-refractivity contribution < 1.29 is 19.4 Å². The van der Waals surface area contributed by atoms with Crippen LogP contribution in [0.3, 0.4) is 0 Å². The summed E-state index contributed by atoms with van der Waals surface area (Å²) in [5.41, 5.74) is 5.12. The number of hydrogen-bond donors (Lipinski definition) is 2. The Hall–Kier alpha value is -1.30. The van der Waals surface area contributed by atoms with Crippen LogP contribution in [0.15, 0.2) is 0 Å². The molecule has 1 amide bonds. The summed E-state index contributed by atoms with van der Waals surface area (Å²) in [5.74, 6) is -1.05. The molecule has 0 aromatic heterocycles. The van der Waals surface area contributed by atoms with Crippen molar-refractivity contribution in [3.05, 3.63) is 0 Å². The van der Waals surface area contributed by atoms with Crippen LogP contribution in [0.4, 0.5) is 4.79 Å². The molecule has 1 fully saturated rings. The lowest BCUT2D eigenvalue weighted by Gasteiger charge is -2.20. The van der Waals surface area contributed by atoms with E-state index in [2.05, 4.69) is 4.74 Å². The number of aliphatic carboxylic acids is 1. The number of amides is 1. The van der Waals surface area contributed by atoms with Crippen LogP contribution in [0.25, 0.3) is 0 Å². The van der Waals surface area contributed by atoms with Crippen molar-refractivity contribution in [2.24, 2.45) is 5.73 Å². The summed E-state index contributed by atoms with van der Waals surface area (Å²) >= 11 is 0. The van der Waals surface area contributed by atoms with Gasteiger partial charge in [-0.1, -0.05) is 0 Å². The number of ether oxygens (including phenoxy) is 1. The zero-order valence-electron chi connectivity index (χ0n) is 8.19. The lowest BCUT2D eigenvalue weighted by atomic mass is 10.0. The van der Waals surface area contributed by atoms with Crippen LogP contribution in [0.1, 0.15) is 13.3 Å². The van der Waals surface area contributed by atoms with E-state index in [1.807, 2.05) is 0 Å². The van der Waals surface area contributed by atoms with Gasteiger partial charge in [0.2, 0.25) is 0 Å². The fourth-order valence-corrected chi connectivity index (χ4v) is 1.65. The van der Waals surface area contributed by atoms with Gasteiger partial charge < -0.3 is 15.6 Å². The first kappa shape index (κ1) is 10.8. The number of nitrogens with two attached hydrogens (primary N) is 1. The van der Waals surface area contributed by atoms with E-state index in [1.54, 1.807) is 6.92 Å². The molecule has 6 nitrogen and oxygen atoms in total. The minimum Gasteiger partial charge on any atom is -0.480 e. The first-order valence-electron chi connectivity index (χ1n) is 4.23. The maximum Gasteiger partial charge on any atom is 0.410 e. The Morgan fingerprint density at radius 3 is 2.64 bits per heavy atom. The van der Waals surface area contributed by atoms with Gasteiger partial charge in [0.1, 0.15) is 6.04 Å². The largest absolute Gasteiger partial charge is 0.480 e. The highest BCUT2D eigenvalue weighted by Crippen LogP contribution is 2.25. The predicted molar refractivity (Wildman–Crippen MR) is 47.7 cm³/mol. The standard InChI is InChI=1S/C8H14N2O4/c1-8(9)3-5(6(11)12)10(4-8)7(13)14-2/h5H,3-4,9H2,1-2H3,(H,11,12)/t5-,8+/m1/s1. The number of nitrogens with zero attached hydrogens (tertiary/aromatic N) is 1. The Labute approximate surface area is 81.6 Å². The third kappa shape index (κ3) is 1.95. The maximum absolute atomic E-state index is 11.2. The average Bonchev–Trinajstić information content (AvgIpc) is 2.40. The van der Waals surface area contributed by atoms with Crippen molar-refractivity contribution >= 4 is 12.1 Å². The molecule has 2 atom stereocenters. The molecule has 80 valence electrons. The second-order valence-corrected chi connectivity index (χ2v) is 3.81. The van der Waals surface area contributed by atoms with E-state index in [9.17, 15) is 9.59 Å². The zero-order chi connectivity index (χ0) is 10.9. The lowest BCUT2D eigenvalue weighted by Crippen LogP contribution is -2.42. The average molecular weight is 202 g/mol. The summed E-state index contributed by atoms with van der Waals surface area (Å²) in [6.45, 7) is 1.92. The van der Waals surface area contributed by atoms with E-state index < -0.39 is 23.6 Å². The fourth-order valence-electron chi connectivity index (χ4n) is 1.65. The maximum atomic E-state index is 11.2. The molecule has 0 aliphatic carbocycles. The summed E-state index contributed by atoms with van der Waals surface area (Å²) in [4.78, 5) is 23.2. The fraction of sp³-hybridized carbons (Fsp3) is 0.750. The van der Waals surface area contributed by atoms with E-state index in [-0.39, 0.29) is 13.0 Å². The van der Waals surface area contributed by atoms with Crippen molar-refractivity contribution in [2.75, 3.05) is 13.7 Å². The molecule has 0 unspecified atom stereocenters. The number of methoxy groups -OCH3 is 1. The Balaban J connectivity index is 2.83. The van der Waals surface area contributed by atoms with Crippen LogP contribution >= 0.6 is 0 Å². The minimum atomic E-state index is -1.05. The number of rotatable bonds is 1. The summed E-state index contributed by atoms with van der Waals surface area (Å²) in [6, 6.07) is -0.877. The van der Waals surface area contributed by atoms with Crippen molar-refractivity contribution in [3.8, 4) is 0 Å². The highest BCUT2D eigenvalue weighted by Gasteiger charge is 2.44. The van der Waals surface area contributed by atoms with E-state index in [0.717, 1.165) is 4.90 Å². The number of carbonyl (C=O) groups is 2. The van der Waals surface area contributed by atoms with Gasteiger partial charge in [0.05, 0.1) is 7.11 Å². The quantitative estimate of drug-likeness (QED) is 0.605. The molecule has 1 aliphatic rings. The molecule has 0 radical (unpaired) electrons. The van der Waals surface area contributed by atoms with Gasteiger partial charge in [-0.15, -0.1) is 0 Å². The molecular formula is C8H14N2O4. The normalized spacial score (nSPS) is 31.6. The molecule has 3 N–H and O–H groups in total. The van der Waals surface area contributed by atoms with E-state index >= 15 is 0 Å². The van der Waals surface area contributed by atoms with E-state index in [0.29, 0.717) is 0 Å². The van der Waals surface area contributed by atoms with Crippen molar-refractivity contribution in [3.63, 3.8) is 0 Å². The van der Waals surface area contributed by atoms with Crippen molar-refractivity contribution in [2.45, 2.75) is 24.9 Å². The van der Waals surface area contributed by atoms with E-state index in [4.69, 9.17) is 10.8 Å². The number of hydrogen-bond acceptors (Lipinski definition) is 4. The van der Waals surface area contributed by atoms with Gasteiger partial charge in [-0.25, -0.2) is 9.59 Å². The topological polar surface area (TPSA) is 92.9 Å². The van der Waals surface area contributed by atoms with Crippen LogP contribution in [0.2, 0.25) is 0 Å². The first-order chi connectivity index (χ1) is 6.37. The minimum absolute atomic E-state index is 0.205. The monoisotopic (exact) mass is 202 g/mol. The molecule has 6 heteroatoms. The number of carboxylic acid groups (broad SMARTS) is 1. The van der Waals surface area contributed by atoms with Gasteiger partial charge in [-0.05, 0) is 13.3 Å². The van der Waals surface area contributed by atoms with Gasteiger partial charge in [-0.2, -0.15) is 0 Å². The van der Waals surface area contributed by atoms with Crippen molar-refractivity contribution in [1.82, 2.24) is 4.90 Å². The van der Waals surface area contributed by atoms with E-state index in [1.165, 1.54) is 7.11 Å². The van der Waals surface area contributed by atoms with Crippen LogP contribution in [0, 0.1) is 0 Å². The van der Waals surface area contributed by atoms with Crippen LogP contribution in [0.5, 0.6) is 0 Å². The third-order valence-corrected chi connectivity index (χ3v) is 2.26. The highest BCUT2D eigenvalue weighted by molar-refractivity contribution is 5.81. The molecule has 0 aromatic rings. The molecule has 14 heavy (non-hydrogen) atoms. The molecule has 0 aromatic carbocycles. The number of carbonyl (C=O) groups excluding carboxylic acids is 1. The Kier molecular flexibility index (Phi) is 2.66. The Morgan fingerprint density at radius 2 is 2.21 bits per heavy atom.